The van der Waals surface area contributed by atoms with Crippen molar-refractivity contribution in [2.75, 3.05) is 13.1 Å². The number of hydrogen-bond donors (Lipinski definition) is 1. The maximum Gasteiger partial charge on any atom is 0.223 e. The Morgan fingerprint density at radius 2 is 1.81 bits per heavy atom. The lowest BCUT2D eigenvalue weighted by Crippen LogP contribution is -2.39. The van der Waals surface area contributed by atoms with E-state index in [0.717, 1.165) is 37.9 Å². The molecule has 2 atom stereocenters. The van der Waals surface area contributed by atoms with E-state index in [9.17, 15) is 9.59 Å². The first-order valence-electron chi connectivity index (χ1n) is 10.3. The van der Waals surface area contributed by atoms with Crippen LogP contribution in [0.15, 0.2) is 24.3 Å². The number of benzene rings is 1. The van der Waals surface area contributed by atoms with Gasteiger partial charge >= 0.3 is 0 Å². The standard InChI is InChI=1S/C22H32N2O2/c1-2-3-4-5-17-6-8-18(9-7-17)21(25)12-13-22(26)24-15-14-19-10-11-20(16-24)23-19/h6-9,19-20,23H,2-5,10-16H2,1H3. The number of unbranched alkanes of at least 4 members (excludes halogenated alkanes) is 2. The second-order valence-electron chi connectivity index (χ2n) is 7.84. The van der Waals surface area contributed by atoms with Crippen molar-refractivity contribution in [1.29, 1.82) is 0 Å². The van der Waals surface area contributed by atoms with Crippen molar-refractivity contribution in [3.05, 3.63) is 35.4 Å². The number of nitrogens with zero attached hydrogens (tertiary/aromatic N) is 1. The molecule has 1 aromatic carbocycles. The van der Waals surface area contributed by atoms with Crippen LogP contribution in [0.1, 0.15) is 74.2 Å². The smallest absolute Gasteiger partial charge is 0.223 e. The van der Waals surface area contributed by atoms with Crippen molar-refractivity contribution >= 4 is 11.7 Å². The molecule has 142 valence electrons. The van der Waals surface area contributed by atoms with Gasteiger partial charge in [-0.1, -0.05) is 44.0 Å². The molecule has 26 heavy (non-hydrogen) atoms. The second-order valence-corrected chi connectivity index (χ2v) is 7.84. The zero-order valence-electron chi connectivity index (χ0n) is 16.0. The number of Topliss-reactive ketones (excluding diaryl/α,β-unsaturated/α-hetero) is 1. The first-order chi connectivity index (χ1) is 12.7. The molecule has 1 aromatic rings. The highest BCUT2D eigenvalue weighted by molar-refractivity contribution is 5.98. The summed E-state index contributed by atoms with van der Waals surface area (Å²) in [6.45, 7) is 3.83. The highest BCUT2D eigenvalue weighted by Gasteiger charge is 2.31. The summed E-state index contributed by atoms with van der Waals surface area (Å²) in [7, 11) is 0. The minimum atomic E-state index is 0.0768. The zero-order chi connectivity index (χ0) is 18.4. The Morgan fingerprint density at radius 3 is 2.58 bits per heavy atom. The Labute approximate surface area is 157 Å². The topological polar surface area (TPSA) is 49.4 Å². The largest absolute Gasteiger partial charge is 0.341 e. The number of nitrogens with one attached hydrogen (secondary N) is 1. The lowest BCUT2D eigenvalue weighted by molar-refractivity contribution is -0.131. The van der Waals surface area contributed by atoms with E-state index in [4.69, 9.17) is 0 Å². The molecule has 4 nitrogen and oxygen atoms in total. The average Bonchev–Trinajstić information content (AvgIpc) is 2.99. The monoisotopic (exact) mass is 356 g/mol. The number of likely N-dealkylation sites (tertiary alicyclic amines) is 1. The van der Waals surface area contributed by atoms with Crippen LogP contribution in [-0.4, -0.2) is 41.8 Å². The van der Waals surface area contributed by atoms with Crippen molar-refractivity contribution in [2.45, 2.75) is 76.8 Å². The van der Waals surface area contributed by atoms with E-state index < -0.39 is 0 Å². The quantitative estimate of drug-likeness (QED) is 0.570. The zero-order valence-corrected chi connectivity index (χ0v) is 16.0. The Hall–Kier alpha value is -1.68. The van der Waals surface area contributed by atoms with Crippen LogP contribution >= 0.6 is 0 Å². The van der Waals surface area contributed by atoms with E-state index in [1.165, 1.54) is 31.2 Å². The van der Waals surface area contributed by atoms with Gasteiger partial charge in [0.2, 0.25) is 5.91 Å². The molecule has 0 saturated carbocycles. The molecular weight excluding hydrogens is 324 g/mol. The third-order valence-electron chi connectivity index (χ3n) is 5.79. The summed E-state index contributed by atoms with van der Waals surface area (Å²) in [5.74, 6) is 0.205. The van der Waals surface area contributed by atoms with Crippen LogP contribution in [0.2, 0.25) is 0 Å². The SMILES string of the molecule is CCCCCc1ccc(C(=O)CCC(=O)N2CCC3CCC(C2)N3)cc1. The molecule has 2 saturated heterocycles. The molecule has 2 bridgehead atoms. The number of aryl methyl sites for hydroxylation is 1. The number of carbonyl (C=O) groups excluding carboxylic acids is 2. The number of carbonyl (C=O) groups is 2. The number of fused-ring (bicyclic) bond motifs is 2. The van der Waals surface area contributed by atoms with Gasteiger partial charge in [-0.05, 0) is 37.7 Å². The highest BCUT2D eigenvalue weighted by atomic mass is 16.2. The van der Waals surface area contributed by atoms with E-state index in [1.807, 2.05) is 17.0 Å². The van der Waals surface area contributed by atoms with Gasteiger partial charge in [0.25, 0.3) is 0 Å². The maximum atomic E-state index is 12.5. The van der Waals surface area contributed by atoms with Crippen LogP contribution < -0.4 is 5.32 Å². The number of hydrogen-bond acceptors (Lipinski definition) is 3. The molecule has 2 aliphatic heterocycles. The summed E-state index contributed by atoms with van der Waals surface area (Å²) in [6, 6.07) is 8.98. The first-order valence-corrected chi connectivity index (χ1v) is 10.3. The lowest BCUT2D eigenvalue weighted by Gasteiger charge is -2.24. The number of ketones is 1. The van der Waals surface area contributed by atoms with Gasteiger partial charge < -0.3 is 10.2 Å². The Kier molecular flexibility index (Phi) is 6.84. The van der Waals surface area contributed by atoms with Gasteiger partial charge in [-0.2, -0.15) is 0 Å². The molecule has 0 radical (unpaired) electrons. The van der Waals surface area contributed by atoms with E-state index in [-0.39, 0.29) is 11.7 Å². The molecule has 3 rings (SSSR count). The summed E-state index contributed by atoms with van der Waals surface area (Å²) < 4.78 is 0. The molecule has 1 N–H and O–H groups in total. The Morgan fingerprint density at radius 1 is 1.04 bits per heavy atom. The third-order valence-corrected chi connectivity index (χ3v) is 5.79. The van der Waals surface area contributed by atoms with Crippen LogP contribution in [0.25, 0.3) is 0 Å². The van der Waals surface area contributed by atoms with Crippen molar-refractivity contribution in [3.63, 3.8) is 0 Å². The predicted molar refractivity (Wildman–Crippen MR) is 104 cm³/mol. The van der Waals surface area contributed by atoms with E-state index >= 15 is 0 Å². The van der Waals surface area contributed by atoms with Crippen LogP contribution in [0.4, 0.5) is 0 Å². The Balaban J connectivity index is 1.45. The minimum Gasteiger partial charge on any atom is -0.341 e. The van der Waals surface area contributed by atoms with Crippen LogP contribution in [0.5, 0.6) is 0 Å². The first kappa shape index (κ1) is 19.1. The molecular formula is C22H32N2O2. The minimum absolute atomic E-state index is 0.0768. The van der Waals surface area contributed by atoms with Gasteiger partial charge in [-0.3, -0.25) is 9.59 Å². The predicted octanol–water partition coefficient (Wildman–Crippen LogP) is 3.74. The molecule has 2 fully saturated rings. The molecule has 0 aliphatic carbocycles. The fourth-order valence-corrected chi connectivity index (χ4v) is 4.13. The third kappa shape index (κ3) is 5.16. The summed E-state index contributed by atoms with van der Waals surface area (Å²) >= 11 is 0. The molecule has 2 aliphatic rings. The van der Waals surface area contributed by atoms with Crippen molar-refractivity contribution < 1.29 is 9.59 Å². The molecule has 2 heterocycles. The number of amides is 1. The van der Waals surface area contributed by atoms with Crippen LogP contribution in [0, 0.1) is 0 Å². The maximum absolute atomic E-state index is 12.5. The van der Waals surface area contributed by atoms with Gasteiger partial charge in [-0.25, -0.2) is 0 Å². The molecule has 1 amide bonds. The van der Waals surface area contributed by atoms with Gasteiger partial charge in [0.1, 0.15) is 0 Å². The molecule has 4 heteroatoms. The lowest BCUT2D eigenvalue weighted by atomic mass is 10.0. The Bertz CT molecular complexity index is 611. The number of rotatable bonds is 8. The van der Waals surface area contributed by atoms with Gasteiger partial charge in [-0.15, -0.1) is 0 Å². The van der Waals surface area contributed by atoms with Crippen LogP contribution in [-0.2, 0) is 11.2 Å². The normalized spacial score (nSPS) is 22.3. The summed E-state index contributed by atoms with van der Waals surface area (Å²) in [6.07, 6.45) is 8.82. The average molecular weight is 357 g/mol. The fourth-order valence-electron chi connectivity index (χ4n) is 4.13. The van der Waals surface area contributed by atoms with E-state index in [2.05, 4.69) is 24.4 Å². The summed E-state index contributed by atoms with van der Waals surface area (Å²) in [5.41, 5.74) is 2.02. The van der Waals surface area contributed by atoms with Crippen molar-refractivity contribution in [2.24, 2.45) is 0 Å². The van der Waals surface area contributed by atoms with Crippen molar-refractivity contribution in [3.8, 4) is 0 Å². The second kappa shape index (κ2) is 9.31. The van der Waals surface area contributed by atoms with Crippen molar-refractivity contribution in [1.82, 2.24) is 10.2 Å². The fraction of sp³-hybridized carbons (Fsp3) is 0.636. The van der Waals surface area contributed by atoms with E-state index in [0.29, 0.717) is 24.9 Å². The van der Waals surface area contributed by atoms with Gasteiger partial charge in [0.15, 0.2) is 5.78 Å². The molecule has 0 spiro atoms. The van der Waals surface area contributed by atoms with E-state index in [1.54, 1.807) is 0 Å². The van der Waals surface area contributed by atoms with Crippen LogP contribution in [0.3, 0.4) is 0 Å². The molecule has 2 unspecified atom stereocenters. The summed E-state index contributed by atoms with van der Waals surface area (Å²) in [4.78, 5) is 26.9. The molecule has 0 aromatic heterocycles. The van der Waals surface area contributed by atoms with Gasteiger partial charge in [0.05, 0.1) is 0 Å². The highest BCUT2D eigenvalue weighted by Crippen LogP contribution is 2.21. The van der Waals surface area contributed by atoms with Gasteiger partial charge in [0, 0.05) is 43.6 Å². The summed E-state index contributed by atoms with van der Waals surface area (Å²) in [5, 5.41) is 3.59.